The zero-order valence-electron chi connectivity index (χ0n) is 16.5. The smallest absolute Gasteiger partial charge is 0.259 e. The zero-order valence-corrected chi connectivity index (χ0v) is 16.5. The number of rotatable bonds is 4. The molecule has 8 heteroatoms. The highest BCUT2D eigenvalue weighted by molar-refractivity contribution is 5.96. The second kappa shape index (κ2) is 8.14. The van der Waals surface area contributed by atoms with Gasteiger partial charge in [-0.3, -0.25) is 4.79 Å². The Morgan fingerprint density at radius 1 is 1.07 bits per heavy atom. The Morgan fingerprint density at radius 2 is 1.77 bits per heavy atom. The molecule has 0 bridgehead atoms. The first kappa shape index (κ1) is 19.9. The van der Waals surface area contributed by atoms with Gasteiger partial charge in [-0.05, 0) is 43.5 Å². The Bertz CT molecular complexity index is 1070. The van der Waals surface area contributed by atoms with E-state index in [0.29, 0.717) is 47.8 Å². The van der Waals surface area contributed by atoms with Gasteiger partial charge >= 0.3 is 0 Å². The Kier molecular flexibility index (Phi) is 5.39. The highest BCUT2D eigenvalue weighted by Crippen LogP contribution is 2.34. The van der Waals surface area contributed by atoms with Crippen LogP contribution >= 0.6 is 0 Å². The van der Waals surface area contributed by atoms with Crippen LogP contribution in [-0.2, 0) is 6.42 Å². The third kappa shape index (κ3) is 3.60. The number of halogens is 2. The Hall–Kier alpha value is -3.42. The predicted octanol–water partition coefficient (Wildman–Crippen LogP) is 3.86. The predicted molar refractivity (Wildman–Crippen MR) is 110 cm³/mol. The monoisotopic (exact) mass is 409 g/mol. The highest BCUT2D eigenvalue weighted by atomic mass is 19.1. The molecule has 2 N–H and O–H groups in total. The third-order valence-corrected chi connectivity index (χ3v) is 5.26. The first-order valence-electron chi connectivity index (χ1n) is 9.84. The van der Waals surface area contributed by atoms with Gasteiger partial charge in [-0.1, -0.05) is 6.92 Å². The highest BCUT2D eigenvalue weighted by Gasteiger charge is 2.27. The van der Waals surface area contributed by atoms with Crippen LogP contribution in [0.1, 0.15) is 35.8 Å². The van der Waals surface area contributed by atoms with Crippen molar-refractivity contribution in [1.29, 1.82) is 0 Å². The number of carbonyl (C=O) groups excluding carboxylic acids is 1. The summed E-state index contributed by atoms with van der Waals surface area (Å²) in [5, 5.41) is 0. The fourth-order valence-corrected chi connectivity index (χ4v) is 3.76. The lowest BCUT2D eigenvalue weighted by molar-refractivity contribution is 0.0783. The van der Waals surface area contributed by atoms with Crippen LogP contribution in [0.4, 0.5) is 14.6 Å². The van der Waals surface area contributed by atoms with E-state index in [-0.39, 0.29) is 5.56 Å². The number of hydrogen-bond donors (Lipinski definition) is 1. The van der Waals surface area contributed by atoms with Gasteiger partial charge in [0.2, 0.25) is 0 Å². The Labute approximate surface area is 172 Å². The summed E-state index contributed by atoms with van der Waals surface area (Å²) in [5.41, 5.74) is 7.78. The molecule has 0 atom stereocenters. The molecule has 3 aromatic rings. The van der Waals surface area contributed by atoms with Gasteiger partial charge in [-0.15, -0.1) is 0 Å². The van der Waals surface area contributed by atoms with E-state index in [2.05, 4.69) is 15.0 Å². The maximum absolute atomic E-state index is 14.9. The lowest BCUT2D eigenvalue weighted by Crippen LogP contribution is -2.29. The standard InChI is InChI=1S/C22H21F2N5O/c1-2-17-19(13-5-6-18(25)26-11-13)21(28-12-27-17)14-9-15(23)20(16(24)10-14)22(30)29-7-3-4-8-29/h5-6,9-12H,2-4,7-8H2,1H3,(H2,25,26). The number of nitrogens with zero attached hydrogens (tertiary/aromatic N) is 4. The van der Waals surface area contributed by atoms with Gasteiger partial charge < -0.3 is 10.6 Å². The van der Waals surface area contributed by atoms with Crippen LogP contribution in [-0.4, -0.2) is 38.8 Å². The fraction of sp³-hybridized carbons (Fsp3) is 0.273. The van der Waals surface area contributed by atoms with Crippen molar-refractivity contribution in [2.75, 3.05) is 18.8 Å². The number of amides is 1. The number of aromatic nitrogens is 3. The van der Waals surface area contributed by atoms with Crippen molar-refractivity contribution in [3.8, 4) is 22.4 Å². The topological polar surface area (TPSA) is 85.0 Å². The van der Waals surface area contributed by atoms with Crippen molar-refractivity contribution < 1.29 is 13.6 Å². The first-order valence-corrected chi connectivity index (χ1v) is 9.84. The summed E-state index contributed by atoms with van der Waals surface area (Å²) in [6.45, 7) is 2.96. The van der Waals surface area contributed by atoms with Crippen LogP contribution in [0.5, 0.6) is 0 Å². The summed E-state index contributed by atoms with van der Waals surface area (Å²) in [5.74, 6) is -2.06. The molecule has 1 aliphatic rings. The van der Waals surface area contributed by atoms with Gasteiger partial charge in [0, 0.05) is 36.0 Å². The quantitative estimate of drug-likeness (QED) is 0.707. The number of anilines is 1. The lowest BCUT2D eigenvalue weighted by atomic mass is 9.96. The fourth-order valence-electron chi connectivity index (χ4n) is 3.76. The molecular formula is C22H21F2N5O. The second-order valence-electron chi connectivity index (χ2n) is 7.18. The molecule has 4 rings (SSSR count). The summed E-state index contributed by atoms with van der Waals surface area (Å²) in [6.07, 6.45) is 5.21. The van der Waals surface area contributed by atoms with Crippen LogP contribution in [0.25, 0.3) is 22.4 Å². The summed E-state index contributed by atoms with van der Waals surface area (Å²) >= 11 is 0. The normalized spacial score (nSPS) is 13.6. The van der Waals surface area contributed by atoms with Gasteiger partial charge in [-0.2, -0.15) is 0 Å². The number of nitrogen functional groups attached to an aromatic ring is 1. The minimum Gasteiger partial charge on any atom is -0.384 e. The molecule has 154 valence electrons. The number of hydrogen-bond acceptors (Lipinski definition) is 5. The molecule has 30 heavy (non-hydrogen) atoms. The van der Waals surface area contributed by atoms with Crippen LogP contribution < -0.4 is 5.73 Å². The SMILES string of the molecule is CCc1ncnc(-c2cc(F)c(C(=O)N3CCCC3)c(F)c2)c1-c1ccc(N)nc1. The van der Waals surface area contributed by atoms with Crippen LogP contribution in [0.15, 0.2) is 36.8 Å². The Balaban J connectivity index is 1.83. The van der Waals surface area contributed by atoms with Crippen LogP contribution in [0, 0.1) is 11.6 Å². The minimum absolute atomic E-state index is 0.229. The van der Waals surface area contributed by atoms with Crippen molar-refractivity contribution in [2.24, 2.45) is 0 Å². The molecule has 0 spiro atoms. The minimum atomic E-state index is -0.903. The molecule has 0 radical (unpaired) electrons. The zero-order chi connectivity index (χ0) is 21.3. The third-order valence-electron chi connectivity index (χ3n) is 5.26. The number of carbonyl (C=O) groups is 1. The lowest BCUT2D eigenvalue weighted by Gasteiger charge is -2.17. The molecule has 1 amide bonds. The van der Waals surface area contributed by atoms with Crippen LogP contribution in [0.3, 0.4) is 0 Å². The van der Waals surface area contributed by atoms with E-state index in [9.17, 15) is 13.6 Å². The average molecular weight is 409 g/mol. The van der Waals surface area contributed by atoms with Gasteiger partial charge in [0.1, 0.15) is 29.3 Å². The summed E-state index contributed by atoms with van der Waals surface area (Å²) in [4.78, 5) is 26.7. The van der Waals surface area contributed by atoms with Crippen molar-refractivity contribution in [2.45, 2.75) is 26.2 Å². The van der Waals surface area contributed by atoms with E-state index in [0.717, 1.165) is 25.0 Å². The van der Waals surface area contributed by atoms with Gasteiger partial charge in [0.15, 0.2) is 0 Å². The molecule has 2 aromatic heterocycles. The molecule has 1 fully saturated rings. The van der Waals surface area contributed by atoms with E-state index < -0.39 is 23.1 Å². The number of benzene rings is 1. The molecule has 3 heterocycles. The number of nitrogens with two attached hydrogens (primary N) is 1. The largest absolute Gasteiger partial charge is 0.384 e. The van der Waals surface area contributed by atoms with Crippen molar-refractivity contribution >= 4 is 11.7 Å². The number of pyridine rings is 1. The van der Waals surface area contributed by atoms with E-state index in [1.54, 1.807) is 18.3 Å². The summed E-state index contributed by atoms with van der Waals surface area (Å²) in [6, 6.07) is 5.72. The van der Waals surface area contributed by atoms with E-state index in [1.807, 2.05) is 6.92 Å². The molecule has 0 unspecified atom stereocenters. The molecular weight excluding hydrogens is 388 g/mol. The van der Waals surface area contributed by atoms with Gasteiger partial charge in [0.05, 0.1) is 11.4 Å². The number of likely N-dealkylation sites (tertiary alicyclic amines) is 1. The van der Waals surface area contributed by atoms with E-state index in [4.69, 9.17) is 5.73 Å². The molecule has 1 saturated heterocycles. The van der Waals surface area contributed by atoms with Crippen molar-refractivity contribution in [3.05, 3.63) is 59.7 Å². The maximum Gasteiger partial charge on any atom is 0.259 e. The Morgan fingerprint density at radius 3 is 2.37 bits per heavy atom. The van der Waals surface area contributed by atoms with Crippen molar-refractivity contribution in [1.82, 2.24) is 19.9 Å². The van der Waals surface area contributed by atoms with Gasteiger partial charge in [0.25, 0.3) is 5.91 Å². The molecule has 6 nitrogen and oxygen atoms in total. The van der Waals surface area contributed by atoms with Crippen molar-refractivity contribution in [3.63, 3.8) is 0 Å². The molecule has 0 saturated carbocycles. The first-order chi connectivity index (χ1) is 14.5. The summed E-state index contributed by atoms with van der Waals surface area (Å²) < 4.78 is 29.8. The molecule has 0 aliphatic carbocycles. The molecule has 1 aliphatic heterocycles. The second-order valence-corrected chi connectivity index (χ2v) is 7.18. The maximum atomic E-state index is 14.9. The van der Waals surface area contributed by atoms with E-state index in [1.165, 1.54) is 11.2 Å². The van der Waals surface area contributed by atoms with Gasteiger partial charge in [-0.25, -0.2) is 23.7 Å². The van der Waals surface area contributed by atoms with Crippen LogP contribution in [0.2, 0.25) is 0 Å². The molecule has 1 aromatic carbocycles. The number of aryl methyl sites for hydroxylation is 1. The summed E-state index contributed by atoms with van der Waals surface area (Å²) in [7, 11) is 0. The van der Waals surface area contributed by atoms with E-state index >= 15 is 0 Å². The average Bonchev–Trinajstić information content (AvgIpc) is 3.28.